The molecule has 0 atom stereocenters. The van der Waals surface area contributed by atoms with Crippen LogP contribution < -0.4 is 10.1 Å². The van der Waals surface area contributed by atoms with Gasteiger partial charge in [-0.3, -0.25) is 4.79 Å². The Kier molecular flexibility index (Phi) is 5.00. The third kappa shape index (κ3) is 3.44. The second kappa shape index (κ2) is 7.74. The minimum absolute atomic E-state index is 0.252. The number of methoxy groups -OCH3 is 2. The first kappa shape index (κ1) is 18.1. The van der Waals surface area contributed by atoms with Gasteiger partial charge in [0.15, 0.2) is 5.76 Å². The van der Waals surface area contributed by atoms with Gasteiger partial charge in [0.25, 0.3) is 5.91 Å². The van der Waals surface area contributed by atoms with Crippen LogP contribution in [0.4, 0.5) is 0 Å². The van der Waals surface area contributed by atoms with E-state index in [0.717, 1.165) is 33.0 Å². The number of benzene rings is 3. The lowest BCUT2D eigenvalue weighted by molar-refractivity contribution is 0.0918. The van der Waals surface area contributed by atoms with Crippen LogP contribution in [-0.4, -0.2) is 20.1 Å². The van der Waals surface area contributed by atoms with Gasteiger partial charge in [0, 0.05) is 24.6 Å². The smallest absolute Gasteiger partial charge is 0.287 e. The molecule has 0 saturated heterocycles. The van der Waals surface area contributed by atoms with E-state index in [-0.39, 0.29) is 5.91 Å². The minimum Gasteiger partial charge on any atom is -0.497 e. The molecular formula is C23H21NO4. The first-order valence-corrected chi connectivity index (χ1v) is 9.04. The number of hydrogen-bond acceptors (Lipinski definition) is 4. The van der Waals surface area contributed by atoms with Gasteiger partial charge in [0.2, 0.25) is 0 Å². The van der Waals surface area contributed by atoms with E-state index in [1.807, 2.05) is 54.6 Å². The van der Waals surface area contributed by atoms with Gasteiger partial charge >= 0.3 is 0 Å². The molecule has 0 spiro atoms. The zero-order valence-electron chi connectivity index (χ0n) is 15.8. The van der Waals surface area contributed by atoms with E-state index in [1.165, 1.54) is 0 Å². The van der Waals surface area contributed by atoms with Crippen LogP contribution in [0.3, 0.4) is 0 Å². The number of ether oxygens (including phenoxy) is 2. The summed E-state index contributed by atoms with van der Waals surface area (Å²) in [5, 5.41) is 6.03. The fourth-order valence-corrected chi connectivity index (χ4v) is 3.34. The van der Waals surface area contributed by atoms with Gasteiger partial charge in [-0.1, -0.05) is 36.4 Å². The fourth-order valence-electron chi connectivity index (χ4n) is 3.34. The molecule has 0 aliphatic carbocycles. The van der Waals surface area contributed by atoms with Crippen LogP contribution in [0.2, 0.25) is 0 Å². The highest BCUT2D eigenvalue weighted by molar-refractivity contribution is 5.99. The van der Waals surface area contributed by atoms with Crippen molar-refractivity contribution in [1.82, 2.24) is 5.32 Å². The summed E-state index contributed by atoms with van der Waals surface area (Å²) in [6.07, 6.45) is 0. The number of rotatable bonds is 6. The average molecular weight is 375 g/mol. The van der Waals surface area contributed by atoms with Crippen molar-refractivity contribution in [2.24, 2.45) is 0 Å². The Morgan fingerprint density at radius 1 is 1.00 bits per heavy atom. The molecule has 28 heavy (non-hydrogen) atoms. The van der Waals surface area contributed by atoms with Gasteiger partial charge in [-0.15, -0.1) is 0 Å². The zero-order chi connectivity index (χ0) is 19.5. The van der Waals surface area contributed by atoms with Crippen LogP contribution in [0.15, 0.2) is 65.1 Å². The Bertz CT molecular complexity index is 1150. The van der Waals surface area contributed by atoms with Crippen molar-refractivity contribution in [3.63, 3.8) is 0 Å². The predicted molar refractivity (Wildman–Crippen MR) is 109 cm³/mol. The molecule has 0 saturated carbocycles. The van der Waals surface area contributed by atoms with E-state index in [0.29, 0.717) is 24.5 Å². The summed E-state index contributed by atoms with van der Waals surface area (Å²) >= 11 is 0. The number of furan rings is 1. The van der Waals surface area contributed by atoms with Crippen molar-refractivity contribution < 1.29 is 18.7 Å². The number of amides is 1. The monoisotopic (exact) mass is 375 g/mol. The number of carbonyl (C=O) groups excluding carboxylic acids is 1. The van der Waals surface area contributed by atoms with E-state index < -0.39 is 0 Å². The van der Waals surface area contributed by atoms with E-state index in [2.05, 4.69) is 11.4 Å². The third-order valence-corrected chi connectivity index (χ3v) is 4.76. The largest absolute Gasteiger partial charge is 0.497 e. The average Bonchev–Trinajstić information content (AvgIpc) is 3.10. The van der Waals surface area contributed by atoms with Crippen molar-refractivity contribution in [1.29, 1.82) is 0 Å². The Morgan fingerprint density at radius 2 is 1.79 bits per heavy atom. The highest BCUT2D eigenvalue weighted by atomic mass is 16.5. The summed E-state index contributed by atoms with van der Waals surface area (Å²) in [6.45, 7) is 0.724. The molecule has 4 aromatic rings. The number of fused-ring (bicyclic) bond motifs is 2. The topological polar surface area (TPSA) is 60.7 Å². The molecule has 5 nitrogen and oxygen atoms in total. The maximum Gasteiger partial charge on any atom is 0.287 e. The molecule has 142 valence electrons. The normalized spacial score (nSPS) is 11.1. The van der Waals surface area contributed by atoms with Crippen molar-refractivity contribution in [3.05, 3.63) is 77.6 Å². The Labute approximate surface area is 162 Å². The van der Waals surface area contributed by atoms with Crippen molar-refractivity contribution in [2.75, 3.05) is 14.2 Å². The molecule has 4 rings (SSSR count). The Balaban J connectivity index is 1.55. The van der Waals surface area contributed by atoms with Gasteiger partial charge in [-0.05, 0) is 40.6 Å². The lowest BCUT2D eigenvalue weighted by Crippen LogP contribution is -2.23. The van der Waals surface area contributed by atoms with Crippen LogP contribution >= 0.6 is 0 Å². The molecule has 3 aromatic carbocycles. The molecule has 0 aliphatic heterocycles. The van der Waals surface area contributed by atoms with Crippen LogP contribution in [-0.2, 0) is 17.9 Å². The SMILES string of the molecule is COCc1c(C(=O)NCc2ccc3cc(OC)ccc3c2)oc2ccccc12. The van der Waals surface area contributed by atoms with Crippen molar-refractivity contribution in [3.8, 4) is 5.75 Å². The Morgan fingerprint density at radius 3 is 2.61 bits per heavy atom. The molecule has 0 radical (unpaired) electrons. The van der Waals surface area contributed by atoms with E-state index in [1.54, 1.807) is 14.2 Å². The maximum atomic E-state index is 12.8. The molecule has 1 amide bonds. The van der Waals surface area contributed by atoms with Gasteiger partial charge in [0.1, 0.15) is 11.3 Å². The molecule has 1 heterocycles. The molecular weight excluding hydrogens is 354 g/mol. The first-order chi connectivity index (χ1) is 13.7. The number of hydrogen-bond donors (Lipinski definition) is 1. The lowest BCUT2D eigenvalue weighted by Gasteiger charge is -2.08. The van der Waals surface area contributed by atoms with E-state index in [9.17, 15) is 4.79 Å². The number of nitrogens with one attached hydrogen (secondary N) is 1. The summed E-state index contributed by atoms with van der Waals surface area (Å²) in [5.74, 6) is 0.871. The summed E-state index contributed by atoms with van der Waals surface area (Å²) in [6, 6.07) is 19.6. The summed E-state index contributed by atoms with van der Waals surface area (Å²) < 4.78 is 16.3. The summed E-state index contributed by atoms with van der Waals surface area (Å²) in [7, 11) is 3.26. The third-order valence-electron chi connectivity index (χ3n) is 4.76. The number of carbonyl (C=O) groups is 1. The summed E-state index contributed by atoms with van der Waals surface area (Å²) in [5.41, 5.74) is 2.45. The molecule has 1 aromatic heterocycles. The standard InChI is InChI=1S/C23H21NO4/c1-26-14-20-19-5-3-4-6-21(19)28-22(20)23(25)24-13-15-7-8-17-12-18(27-2)10-9-16(17)11-15/h3-12H,13-14H2,1-2H3,(H,24,25). The first-order valence-electron chi connectivity index (χ1n) is 9.04. The van der Waals surface area contributed by atoms with Gasteiger partial charge < -0.3 is 19.2 Å². The van der Waals surface area contributed by atoms with E-state index >= 15 is 0 Å². The van der Waals surface area contributed by atoms with Crippen LogP contribution in [0.25, 0.3) is 21.7 Å². The van der Waals surface area contributed by atoms with Gasteiger partial charge in [0.05, 0.1) is 13.7 Å². The van der Waals surface area contributed by atoms with Crippen molar-refractivity contribution in [2.45, 2.75) is 13.2 Å². The molecule has 5 heteroatoms. The molecule has 0 unspecified atom stereocenters. The van der Waals surface area contributed by atoms with Crippen LogP contribution in [0.5, 0.6) is 5.75 Å². The highest BCUT2D eigenvalue weighted by Crippen LogP contribution is 2.27. The van der Waals surface area contributed by atoms with E-state index in [4.69, 9.17) is 13.9 Å². The molecule has 0 fully saturated rings. The molecule has 0 bridgehead atoms. The lowest BCUT2D eigenvalue weighted by atomic mass is 10.1. The minimum atomic E-state index is -0.252. The van der Waals surface area contributed by atoms with Crippen LogP contribution in [0, 0.1) is 0 Å². The predicted octanol–water partition coefficient (Wildman–Crippen LogP) is 4.67. The maximum absolute atomic E-state index is 12.8. The van der Waals surface area contributed by atoms with Crippen molar-refractivity contribution >= 4 is 27.6 Å². The summed E-state index contributed by atoms with van der Waals surface area (Å²) in [4.78, 5) is 12.8. The second-order valence-corrected chi connectivity index (χ2v) is 6.57. The Hall–Kier alpha value is -3.31. The van der Waals surface area contributed by atoms with Gasteiger partial charge in [-0.25, -0.2) is 0 Å². The number of para-hydroxylation sites is 1. The fraction of sp³-hybridized carbons (Fsp3) is 0.174. The molecule has 0 aliphatic rings. The highest BCUT2D eigenvalue weighted by Gasteiger charge is 2.20. The van der Waals surface area contributed by atoms with Gasteiger partial charge in [-0.2, -0.15) is 0 Å². The second-order valence-electron chi connectivity index (χ2n) is 6.57. The molecule has 1 N–H and O–H groups in total. The zero-order valence-corrected chi connectivity index (χ0v) is 15.8. The quantitative estimate of drug-likeness (QED) is 0.532. The van der Waals surface area contributed by atoms with Crippen LogP contribution in [0.1, 0.15) is 21.7 Å².